The maximum atomic E-state index is 12.9. The van der Waals surface area contributed by atoms with E-state index in [0.717, 1.165) is 22.6 Å². The molecule has 3 aromatic rings. The molecule has 1 aliphatic rings. The highest BCUT2D eigenvalue weighted by Gasteiger charge is 2.30. The molecular formula is C25H28N4O5S. The second-order valence-electron chi connectivity index (χ2n) is 8.37. The molecule has 0 saturated heterocycles. The monoisotopic (exact) mass is 496 g/mol. The number of nitrogens with zero attached hydrogens (tertiary/aromatic N) is 3. The molecule has 0 fully saturated rings. The molecule has 0 radical (unpaired) electrons. The molecule has 1 atom stereocenters. The highest BCUT2D eigenvalue weighted by Crippen LogP contribution is 2.33. The van der Waals surface area contributed by atoms with Crippen LogP contribution >= 0.6 is 0 Å². The molecular weight excluding hydrogens is 468 g/mol. The van der Waals surface area contributed by atoms with Crippen LogP contribution in [0.4, 0.5) is 5.69 Å². The average molecular weight is 497 g/mol. The maximum Gasteiger partial charge on any atom is 0.266 e. The number of aromatic nitrogens is 2. The molecule has 10 heteroatoms. The van der Waals surface area contributed by atoms with Crippen LogP contribution in [0.3, 0.4) is 0 Å². The van der Waals surface area contributed by atoms with E-state index in [0.29, 0.717) is 18.7 Å². The van der Waals surface area contributed by atoms with Crippen molar-refractivity contribution >= 4 is 21.6 Å². The van der Waals surface area contributed by atoms with Gasteiger partial charge in [0.1, 0.15) is 5.75 Å². The zero-order chi connectivity index (χ0) is 25.2. The van der Waals surface area contributed by atoms with Gasteiger partial charge in [-0.05, 0) is 74.4 Å². The molecule has 0 saturated carbocycles. The number of hydrogen-bond donors (Lipinski definition) is 1. The summed E-state index contributed by atoms with van der Waals surface area (Å²) in [4.78, 5) is 26.0. The number of ether oxygens (including phenoxy) is 1. The molecule has 1 aliphatic heterocycles. The van der Waals surface area contributed by atoms with E-state index in [1.165, 1.54) is 23.7 Å². The number of benzene rings is 2. The number of nitrogens with one attached hydrogen (secondary N) is 1. The van der Waals surface area contributed by atoms with Crippen molar-refractivity contribution in [2.24, 2.45) is 0 Å². The second-order valence-corrected chi connectivity index (χ2v) is 10.1. The van der Waals surface area contributed by atoms with Crippen molar-refractivity contribution in [3.05, 3.63) is 70.5 Å². The predicted molar refractivity (Wildman–Crippen MR) is 133 cm³/mol. The minimum atomic E-state index is -3.80. The largest absolute Gasteiger partial charge is 0.494 e. The van der Waals surface area contributed by atoms with Gasteiger partial charge >= 0.3 is 0 Å². The smallest absolute Gasteiger partial charge is 0.266 e. The first-order chi connectivity index (χ1) is 16.7. The van der Waals surface area contributed by atoms with Gasteiger partial charge in [-0.3, -0.25) is 9.59 Å². The number of carbonyl (C=O) groups is 1. The van der Waals surface area contributed by atoms with E-state index < -0.39 is 10.0 Å². The van der Waals surface area contributed by atoms with E-state index in [1.54, 1.807) is 23.1 Å². The minimum Gasteiger partial charge on any atom is -0.494 e. The Morgan fingerprint density at radius 3 is 2.57 bits per heavy atom. The summed E-state index contributed by atoms with van der Waals surface area (Å²) >= 11 is 0. The van der Waals surface area contributed by atoms with Crippen LogP contribution in [0.15, 0.2) is 64.3 Å². The summed E-state index contributed by atoms with van der Waals surface area (Å²) in [5.41, 5.74) is 2.64. The summed E-state index contributed by atoms with van der Waals surface area (Å²) in [6.07, 6.45) is 0.593. The van der Waals surface area contributed by atoms with Crippen molar-refractivity contribution < 1.29 is 17.9 Å². The first-order valence-corrected chi connectivity index (χ1v) is 12.9. The quantitative estimate of drug-likeness (QED) is 0.513. The Morgan fingerprint density at radius 1 is 1.14 bits per heavy atom. The lowest BCUT2D eigenvalue weighted by molar-refractivity contribution is -0.116. The van der Waals surface area contributed by atoms with Crippen molar-refractivity contribution in [1.82, 2.24) is 14.5 Å². The van der Waals surface area contributed by atoms with Gasteiger partial charge in [-0.1, -0.05) is 0 Å². The van der Waals surface area contributed by atoms with Crippen molar-refractivity contribution in [2.75, 3.05) is 18.1 Å². The van der Waals surface area contributed by atoms with Crippen molar-refractivity contribution in [3.8, 4) is 17.0 Å². The Balaban J connectivity index is 1.45. The SMILES string of the molecule is CCOc1ccc(-c2ccc(=O)n(CCNS(=O)(=O)c3ccc4c(c3)C[C@H](C)N4C(C)=O)n2)cc1. The molecule has 1 amide bonds. The summed E-state index contributed by atoms with van der Waals surface area (Å²) in [6.45, 7) is 5.98. The standard InChI is InChI=1S/C25H28N4O5S/c1-4-34-21-7-5-19(6-8-21)23-10-12-25(31)28(27-23)14-13-26-35(32,33)22-9-11-24-20(16-22)15-17(2)29(24)18(3)30/h5-12,16-17,26H,4,13-15H2,1-3H3/t17-/m0/s1. The molecule has 0 unspecified atom stereocenters. The van der Waals surface area contributed by atoms with Gasteiger partial charge in [0, 0.05) is 36.8 Å². The number of carbonyl (C=O) groups excluding carboxylic acids is 1. The van der Waals surface area contributed by atoms with Gasteiger partial charge in [-0.2, -0.15) is 5.10 Å². The van der Waals surface area contributed by atoms with Crippen LogP contribution in [0, 0.1) is 0 Å². The third kappa shape index (κ3) is 5.28. The highest BCUT2D eigenvalue weighted by atomic mass is 32.2. The molecule has 0 spiro atoms. The van der Waals surface area contributed by atoms with Gasteiger partial charge < -0.3 is 9.64 Å². The molecule has 2 heterocycles. The molecule has 0 aliphatic carbocycles. The normalized spacial score (nSPS) is 15.2. The van der Waals surface area contributed by atoms with Crippen LogP contribution < -0.4 is 19.9 Å². The highest BCUT2D eigenvalue weighted by molar-refractivity contribution is 7.89. The van der Waals surface area contributed by atoms with E-state index in [-0.39, 0.29) is 35.5 Å². The number of anilines is 1. The molecule has 2 aromatic carbocycles. The Labute approximate surface area is 204 Å². The lowest BCUT2D eigenvalue weighted by Gasteiger charge is -2.20. The van der Waals surface area contributed by atoms with Crippen LogP contribution in [0.5, 0.6) is 5.75 Å². The Kier molecular flexibility index (Phi) is 7.04. The zero-order valence-electron chi connectivity index (χ0n) is 19.9. The lowest BCUT2D eigenvalue weighted by atomic mass is 10.1. The van der Waals surface area contributed by atoms with Crippen molar-refractivity contribution in [1.29, 1.82) is 0 Å². The molecule has 9 nitrogen and oxygen atoms in total. The molecule has 1 aromatic heterocycles. The molecule has 4 rings (SSSR count). The van der Waals surface area contributed by atoms with Gasteiger partial charge in [0.2, 0.25) is 15.9 Å². The number of sulfonamides is 1. The van der Waals surface area contributed by atoms with Gasteiger partial charge in [0.05, 0.1) is 23.7 Å². The van der Waals surface area contributed by atoms with Crippen LogP contribution in [0.2, 0.25) is 0 Å². The number of fused-ring (bicyclic) bond motifs is 1. The molecule has 35 heavy (non-hydrogen) atoms. The summed E-state index contributed by atoms with van der Waals surface area (Å²) in [7, 11) is -3.80. The predicted octanol–water partition coefficient (Wildman–Crippen LogP) is 2.59. The van der Waals surface area contributed by atoms with Gasteiger partial charge in [-0.15, -0.1) is 0 Å². The fraction of sp³-hybridized carbons (Fsp3) is 0.320. The van der Waals surface area contributed by atoms with Gasteiger partial charge in [-0.25, -0.2) is 17.8 Å². The molecule has 184 valence electrons. The van der Waals surface area contributed by atoms with Crippen molar-refractivity contribution in [2.45, 2.75) is 44.7 Å². The van der Waals surface area contributed by atoms with E-state index in [4.69, 9.17) is 4.74 Å². The Bertz CT molecular complexity index is 1400. The topological polar surface area (TPSA) is 111 Å². The summed E-state index contributed by atoms with van der Waals surface area (Å²) in [6, 6.07) is 15.2. The first kappa shape index (κ1) is 24.6. The lowest BCUT2D eigenvalue weighted by Crippen LogP contribution is -2.33. The third-order valence-corrected chi connectivity index (χ3v) is 7.32. The third-order valence-electron chi connectivity index (χ3n) is 5.86. The van der Waals surface area contributed by atoms with E-state index in [9.17, 15) is 18.0 Å². The van der Waals surface area contributed by atoms with Gasteiger partial charge in [0.25, 0.3) is 5.56 Å². The van der Waals surface area contributed by atoms with E-state index in [1.807, 2.05) is 38.1 Å². The first-order valence-electron chi connectivity index (χ1n) is 11.4. The minimum absolute atomic E-state index is 0.00493. The zero-order valence-corrected chi connectivity index (χ0v) is 20.7. The number of amides is 1. The van der Waals surface area contributed by atoms with E-state index >= 15 is 0 Å². The average Bonchev–Trinajstić information content (AvgIpc) is 3.16. The number of rotatable bonds is 8. The summed E-state index contributed by atoms with van der Waals surface area (Å²) in [5.74, 6) is 0.671. The number of hydrogen-bond acceptors (Lipinski definition) is 6. The van der Waals surface area contributed by atoms with E-state index in [2.05, 4.69) is 9.82 Å². The van der Waals surface area contributed by atoms with Crippen LogP contribution in [0.1, 0.15) is 26.3 Å². The second kappa shape index (κ2) is 10.0. The fourth-order valence-electron chi connectivity index (χ4n) is 4.28. The Morgan fingerprint density at radius 2 is 1.89 bits per heavy atom. The van der Waals surface area contributed by atoms with Crippen LogP contribution in [-0.2, 0) is 27.8 Å². The molecule has 0 bridgehead atoms. The molecule has 1 N–H and O–H groups in total. The summed E-state index contributed by atoms with van der Waals surface area (Å²) in [5, 5.41) is 4.38. The maximum absolute atomic E-state index is 12.9. The van der Waals surface area contributed by atoms with Crippen molar-refractivity contribution in [3.63, 3.8) is 0 Å². The summed E-state index contributed by atoms with van der Waals surface area (Å²) < 4.78 is 35.0. The van der Waals surface area contributed by atoms with Gasteiger partial charge in [0.15, 0.2) is 0 Å². The van der Waals surface area contributed by atoms with Crippen LogP contribution in [-0.4, -0.2) is 43.3 Å². The van der Waals surface area contributed by atoms with Crippen LogP contribution in [0.25, 0.3) is 11.3 Å². The fourth-order valence-corrected chi connectivity index (χ4v) is 5.35. The Hall–Kier alpha value is -3.50.